The van der Waals surface area contributed by atoms with Gasteiger partial charge in [-0.15, -0.1) is 13.2 Å². The van der Waals surface area contributed by atoms with Crippen LogP contribution in [0.2, 0.25) is 18.1 Å². The first-order valence-corrected chi connectivity index (χ1v) is 27.5. The molecule has 1 saturated heterocycles. The van der Waals surface area contributed by atoms with Crippen LogP contribution in [0.4, 0.5) is 18.0 Å². The number of carbonyl (C=O) groups is 6. The lowest BCUT2D eigenvalue weighted by Gasteiger charge is -2.68. The van der Waals surface area contributed by atoms with Crippen molar-refractivity contribution in [3.05, 3.63) is 52.6 Å². The number of aliphatic hydroxyl groups is 2. The van der Waals surface area contributed by atoms with Crippen LogP contribution in [0.5, 0.6) is 5.75 Å². The van der Waals surface area contributed by atoms with Gasteiger partial charge in [-0.3, -0.25) is 14.4 Å². The number of allylic oxidation sites excluding steroid dienone is 1. The van der Waals surface area contributed by atoms with Crippen LogP contribution in [0.15, 0.2) is 47.1 Å². The minimum absolute atomic E-state index is 0.0289. The quantitative estimate of drug-likeness (QED) is 0.0622. The molecular weight excluding hydrogens is 980 g/mol. The number of amides is 1. The minimum Gasteiger partial charge on any atom is -0.456 e. The fraction of sp³-hybridized carbons (Fsp3) is 0.692. The Morgan fingerprint density at radius 2 is 1.60 bits per heavy atom. The van der Waals surface area contributed by atoms with Gasteiger partial charge in [-0.05, 0) is 109 Å². The van der Waals surface area contributed by atoms with Crippen LogP contribution in [0.25, 0.3) is 0 Å². The molecule has 11 atom stereocenters. The molecular formula is C52H72F3NO16Si. The molecule has 4 fully saturated rings. The number of halogens is 3. The van der Waals surface area contributed by atoms with Gasteiger partial charge in [0.05, 0.1) is 41.6 Å². The maximum atomic E-state index is 16.5. The number of alkyl halides is 3. The number of fused-ring (bicyclic) bond motifs is 5. The molecule has 0 spiro atoms. The summed E-state index contributed by atoms with van der Waals surface area (Å²) in [6.07, 6.45) is -14.2. The summed E-state index contributed by atoms with van der Waals surface area (Å²) >= 11 is 0. The third kappa shape index (κ3) is 11.3. The Hall–Kier alpha value is -4.83. The van der Waals surface area contributed by atoms with Crippen LogP contribution in [0.3, 0.4) is 0 Å². The van der Waals surface area contributed by atoms with Crippen LogP contribution in [0.1, 0.15) is 126 Å². The summed E-state index contributed by atoms with van der Waals surface area (Å²) in [5.74, 6) is -7.91. The van der Waals surface area contributed by atoms with E-state index in [1.807, 2.05) is 20.8 Å². The van der Waals surface area contributed by atoms with Gasteiger partial charge in [0.2, 0.25) is 0 Å². The Labute approximate surface area is 425 Å². The molecule has 406 valence electrons. The summed E-state index contributed by atoms with van der Waals surface area (Å²) < 4.78 is 88.9. The fourth-order valence-electron chi connectivity index (χ4n) is 11.5. The largest absolute Gasteiger partial charge is 0.573 e. The third-order valence-corrected chi connectivity index (χ3v) is 20.3. The molecule has 1 heterocycles. The van der Waals surface area contributed by atoms with Gasteiger partial charge in [0, 0.05) is 25.2 Å². The second-order valence-electron chi connectivity index (χ2n) is 22.2. The molecule has 6 rings (SSSR count). The number of rotatable bonds is 16. The Kier molecular flexibility index (Phi) is 16.3. The molecule has 5 aliphatic rings. The van der Waals surface area contributed by atoms with Crippen LogP contribution in [-0.4, -0.2) is 127 Å². The second-order valence-corrected chi connectivity index (χ2v) is 26.9. The number of ketones is 1. The van der Waals surface area contributed by atoms with Crippen molar-refractivity contribution in [2.45, 2.75) is 200 Å². The van der Waals surface area contributed by atoms with E-state index in [0.29, 0.717) is 36.5 Å². The lowest BCUT2D eigenvalue weighted by molar-refractivity contribution is -0.344. The topological polar surface area (TPSA) is 229 Å². The van der Waals surface area contributed by atoms with E-state index < -0.39 is 150 Å². The monoisotopic (exact) mass is 1050 g/mol. The van der Waals surface area contributed by atoms with Crippen LogP contribution < -0.4 is 10.1 Å². The van der Waals surface area contributed by atoms with Crippen LogP contribution in [-0.2, 0) is 52.0 Å². The Bertz CT molecular complexity index is 2380. The Morgan fingerprint density at radius 1 is 0.973 bits per heavy atom. The number of esters is 4. The van der Waals surface area contributed by atoms with Crippen molar-refractivity contribution in [1.29, 1.82) is 0 Å². The van der Waals surface area contributed by atoms with Gasteiger partial charge in [0.1, 0.15) is 35.3 Å². The first-order chi connectivity index (χ1) is 33.7. The van der Waals surface area contributed by atoms with Crippen molar-refractivity contribution in [2.24, 2.45) is 22.7 Å². The molecule has 3 saturated carbocycles. The van der Waals surface area contributed by atoms with E-state index >= 15 is 4.79 Å². The van der Waals surface area contributed by atoms with Gasteiger partial charge in [0.15, 0.2) is 31.9 Å². The highest BCUT2D eigenvalue weighted by molar-refractivity contribution is 6.73. The maximum absolute atomic E-state index is 16.5. The summed E-state index contributed by atoms with van der Waals surface area (Å²) in [6, 6.07) is 4.42. The van der Waals surface area contributed by atoms with E-state index in [4.69, 9.17) is 32.8 Å². The van der Waals surface area contributed by atoms with Gasteiger partial charge >= 0.3 is 36.3 Å². The lowest BCUT2D eigenvalue weighted by Crippen LogP contribution is -2.82. The molecule has 17 nitrogen and oxygen atoms in total. The number of carbonyl (C=O) groups excluding carboxylic acids is 6. The standard InChI is InChI=1S/C52H72F3NO16Si/c1-14-73(15-2,16-3)72-35-24-36-50(26-65-36,69-29(7)57)40-42(68-44(61)31-18-17-19-32(23-31)70-52(53,54)55)51(64)25-34(66-45(62)38(58)33(22-27(4)5)56-46(63)71-47(8,9)10)28(6)37(48(51,11)12)39(41(59)49(35,40)13)67-43(60)30-20-21-30/h17-19,22-23,30,33-36,38-40,42,58,64H,14-16,20-21,24-26H2,1-13H3,(H,56,63)/t33-,34-,35?,36+,38+,39+,40-,42-,49+,50-,51+/m0/s1. The van der Waals surface area contributed by atoms with E-state index in [1.165, 1.54) is 26.8 Å². The number of hydrogen-bond acceptors (Lipinski definition) is 16. The smallest absolute Gasteiger partial charge is 0.456 e. The van der Waals surface area contributed by atoms with Gasteiger partial charge < -0.3 is 53.1 Å². The maximum Gasteiger partial charge on any atom is 0.573 e. The summed E-state index contributed by atoms with van der Waals surface area (Å²) in [5.41, 5.74) is -9.02. The molecule has 4 aliphatic carbocycles. The number of benzene rings is 1. The van der Waals surface area contributed by atoms with Gasteiger partial charge in [-0.2, -0.15) is 0 Å². The zero-order valence-corrected chi connectivity index (χ0v) is 45.0. The second kappa shape index (κ2) is 20.7. The van der Waals surface area contributed by atoms with Crippen molar-refractivity contribution < 1.29 is 89.7 Å². The summed E-state index contributed by atoms with van der Waals surface area (Å²) in [6.45, 7) is 21.0. The number of aliphatic hydroxyl groups excluding tert-OH is 1. The number of Topliss-reactive ketones (excluding diaryl/α,β-unsaturated/α-hetero) is 1. The Balaban J connectivity index is 1.63. The van der Waals surface area contributed by atoms with Crippen molar-refractivity contribution >= 4 is 44.1 Å². The van der Waals surface area contributed by atoms with Crippen LogP contribution >= 0.6 is 0 Å². The van der Waals surface area contributed by atoms with E-state index in [-0.39, 0.29) is 24.2 Å². The van der Waals surface area contributed by atoms with E-state index in [9.17, 15) is 47.4 Å². The fourth-order valence-corrected chi connectivity index (χ4v) is 14.4. The highest BCUT2D eigenvalue weighted by Gasteiger charge is 2.79. The van der Waals surface area contributed by atoms with Gasteiger partial charge in [-0.25, -0.2) is 14.4 Å². The highest BCUT2D eigenvalue weighted by atomic mass is 28.4. The van der Waals surface area contributed by atoms with Crippen molar-refractivity contribution in [3.63, 3.8) is 0 Å². The third-order valence-electron chi connectivity index (χ3n) is 15.7. The SMILES string of the molecule is CC[Si](CC)(CC)OC1C[C@H]2OC[C@@]2(OC(C)=O)[C@H]2[C@H](OC(=O)c3cccc(OC(F)(F)F)c3)[C@]3(O)C[C@H](OC(=O)[C@H](O)[C@H](C=C(C)C)NC(=O)OC(C)(C)C)C(C)=C([C@@H](OC(=O)C4CC4)C(=O)[C@]12C)C3(C)C. The zero-order valence-electron chi connectivity index (χ0n) is 44.0. The normalized spacial score (nSPS) is 30.6. The van der Waals surface area contributed by atoms with Gasteiger partial charge in [0.25, 0.3) is 0 Å². The number of nitrogens with one attached hydrogen (secondary N) is 1. The lowest BCUT2D eigenvalue weighted by atomic mass is 9.44. The average Bonchev–Trinajstić information content (AvgIpc) is 4.13. The molecule has 1 aliphatic heterocycles. The average molecular weight is 1050 g/mol. The highest BCUT2D eigenvalue weighted by Crippen LogP contribution is 2.65. The molecule has 3 N–H and O–H groups in total. The molecule has 1 aromatic carbocycles. The van der Waals surface area contributed by atoms with E-state index in [0.717, 1.165) is 31.2 Å². The molecule has 1 aromatic rings. The molecule has 2 bridgehead atoms. The zero-order chi connectivity index (χ0) is 54.6. The number of hydrogen-bond donors (Lipinski definition) is 3. The molecule has 73 heavy (non-hydrogen) atoms. The predicted octanol–water partition coefficient (Wildman–Crippen LogP) is 7.74. The van der Waals surface area contributed by atoms with Crippen molar-refractivity contribution in [2.75, 3.05) is 6.61 Å². The molecule has 1 amide bonds. The summed E-state index contributed by atoms with van der Waals surface area (Å²) in [7, 11) is -2.77. The first kappa shape index (κ1) is 57.4. The van der Waals surface area contributed by atoms with Crippen molar-refractivity contribution in [3.8, 4) is 5.75 Å². The molecule has 21 heteroatoms. The Morgan fingerprint density at radius 3 is 2.12 bits per heavy atom. The van der Waals surface area contributed by atoms with Crippen molar-refractivity contribution in [1.82, 2.24) is 5.32 Å². The predicted molar refractivity (Wildman–Crippen MR) is 257 cm³/mol. The minimum atomic E-state index is -5.15. The first-order valence-electron chi connectivity index (χ1n) is 25.0. The van der Waals surface area contributed by atoms with Crippen LogP contribution in [0, 0.1) is 22.7 Å². The van der Waals surface area contributed by atoms with E-state index in [2.05, 4.69) is 10.1 Å². The molecule has 1 unspecified atom stereocenters. The van der Waals surface area contributed by atoms with Gasteiger partial charge in [-0.1, -0.05) is 52.3 Å². The summed E-state index contributed by atoms with van der Waals surface area (Å²) in [5, 5.41) is 28.3. The number of ether oxygens (including phenoxy) is 7. The number of alkyl carbamates (subject to hydrolysis) is 1. The molecule has 0 aromatic heterocycles. The molecule has 0 radical (unpaired) electrons. The van der Waals surface area contributed by atoms with E-state index in [1.54, 1.807) is 41.5 Å². The summed E-state index contributed by atoms with van der Waals surface area (Å²) in [4.78, 5) is 86.3.